The number of aliphatic carboxylic acids is 1. The van der Waals surface area contributed by atoms with Crippen molar-refractivity contribution in [3.8, 4) is 0 Å². The second-order valence-corrected chi connectivity index (χ2v) is 8.86. The molecule has 0 aliphatic rings. The minimum atomic E-state index is -1.50. The summed E-state index contributed by atoms with van der Waals surface area (Å²) < 4.78 is 0. The first kappa shape index (κ1) is 29.1. The van der Waals surface area contributed by atoms with E-state index in [0.29, 0.717) is 12.2 Å². The zero-order chi connectivity index (χ0) is 24.3. The molecule has 180 valence electrons. The third-order valence-electron chi connectivity index (χ3n) is 4.42. The predicted octanol–water partition coefficient (Wildman–Crippen LogP) is -1.59. The second-order valence-electron chi connectivity index (χ2n) is 7.87. The van der Waals surface area contributed by atoms with E-state index in [-0.39, 0.29) is 12.3 Å². The van der Waals surface area contributed by atoms with E-state index in [0.717, 1.165) is 0 Å². The van der Waals surface area contributed by atoms with Crippen molar-refractivity contribution in [1.82, 2.24) is 16.0 Å². The van der Waals surface area contributed by atoms with Gasteiger partial charge in [-0.2, -0.15) is 11.8 Å². The molecule has 31 heavy (non-hydrogen) atoms. The molecule has 0 aromatic carbocycles. The zero-order valence-corrected chi connectivity index (χ0v) is 19.4. The van der Waals surface area contributed by atoms with Gasteiger partial charge in [0.15, 0.2) is 0 Å². The van der Waals surface area contributed by atoms with E-state index in [4.69, 9.17) is 5.73 Å². The van der Waals surface area contributed by atoms with Crippen LogP contribution in [0.2, 0.25) is 0 Å². The summed E-state index contributed by atoms with van der Waals surface area (Å²) >= 11 is 1.50. The summed E-state index contributed by atoms with van der Waals surface area (Å²) in [6.45, 7) is 6.10. The maximum atomic E-state index is 12.6. The Balaban J connectivity index is 5.29. The molecule has 0 saturated heterocycles. The SMILES string of the molecule is CSCCC(N)C(=O)NC(C(=O)NC(C(=O)NC(CC(C)C)C(=O)O)C(C)O)C(C)O. The van der Waals surface area contributed by atoms with Gasteiger partial charge < -0.3 is 37.0 Å². The van der Waals surface area contributed by atoms with Gasteiger partial charge in [-0.05, 0) is 44.6 Å². The molecule has 0 saturated carbocycles. The number of nitrogens with two attached hydrogens (primary N) is 1. The van der Waals surface area contributed by atoms with E-state index in [1.54, 1.807) is 13.8 Å². The lowest BCUT2D eigenvalue weighted by atomic mass is 10.0. The molecule has 3 amide bonds. The molecule has 0 aromatic rings. The highest BCUT2D eigenvalue weighted by atomic mass is 32.2. The van der Waals surface area contributed by atoms with Crippen molar-refractivity contribution in [1.29, 1.82) is 0 Å². The van der Waals surface area contributed by atoms with Gasteiger partial charge in [-0.3, -0.25) is 14.4 Å². The number of thioether (sulfide) groups is 1. The molecule has 0 heterocycles. The van der Waals surface area contributed by atoms with Gasteiger partial charge in [0.25, 0.3) is 0 Å². The summed E-state index contributed by atoms with van der Waals surface area (Å²) in [5, 5.41) is 36.1. The molecule has 0 radical (unpaired) electrons. The number of nitrogens with one attached hydrogen (secondary N) is 3. The van der Waals surface area contributed by atoms with Gasteiger partial charge in [0.2, 0.25) is 17.7 Å². The molecule has 0 aliphatic carbocycles. The Bertz CT molecular complexity index is 616. The third kappa shape index (κ3) is 10.8. The standard InChI is InChI=1S/C19H36N4O7S/c1-9(2)8-13(19(29)30)21-17(27)14(10(3)24)23-18(28)15(11(4)25)22-16(26)12(20)6-7-31-5/h9-15,24-25H,6-8,20H2,1-5H3,(H,21,27)(H,22,26)(H,23,28)(H,29,30). The molecule has 12 heteroatoms. The van der Waals surface area contributed by atoms with E-state index in [9.17, 15) is 34.5 Å². The van der Waals surface area contributed by atoms with Crippen molar-refractivity contribution >= 4 is 35.5 Å². The summed E-state index contributed by atoms with van der Waals surface area (Å²) in [6.07, 6.45) is -0.309. The Morgan fingerprint density at radius 2 is 1.32 bits per heavy atom. The number of carbonyl (C=O) groups is 4. The van der Waals surface area contributed by atoms with Gasteiger partial charge in [0.1, 0.15) is 18.1 Å². The van der Waals surface area contributed by atoms with Crippen molar-refractivity contribution in [2.75, 3.05) is 12.0 Å². The number of carboxylic acid groups (broad SMARTS) is 1. The van der Waals surface area contributed by atoms with E-state index in [1.165, 1.54) is 25.6 Å². The average Bonchev–Trinajstić information content (AvgIpc) is 2.66. The molecule has 0 fully saturated rings. The maximum Gasteiger partial charge on any atom is 0.326 e. The summed E-state index contributed by atoms with van der Waals surface area (Å²) in [6, 6.07) is -5.00. The first-order chi connectivity index (χ1) is 14.3. The van der Waals surface area contributed by atoms with Crippen molar-refractivity contribution in [3.63, 3.8) is 0 Å². The van der Waals surface area contributed by atoms with Crippen molar-refractivity contribution in [2.45, 2.75) is 76.9 Å². The minimum Gasteiger partial charge on any atom is -0.480 e. The van der Waals surface area contributed by atoms with Gasteiger partial charge >= 0.3 is 5.97 Å². The van der Waals surface area contributed by atoms with Crippen molar-refractivity contribution in [2.24, 2.45) is 11.7 Å². The van der Waals surface area contributed by atoms with Crippen LogP contribution in [0.4, 0.5) is 0 Å². The number of hydrogen-bond donors (Lipinski definition) is 7. The smallest absolute Gasteiger partial charge is 0.326 e. The van der Waals surface area contributed by atoms with Crippen LogP contribution in [0.5, 0.6) is 0 Å². The van der Waals surface area contributed by atoms with Crippen molar-refractivity contribution < 1.29 is 34.5 Å². The fourth-order valence-electron chi connectivity index (χ4n) is 2.64. The van der Waals surface area contributed by atoms with Crippen LogP contribution in [0, 0.1) is 5.92 Å². The normalized spacial score (nSPS) is 17.1. The highest BCUT2D eigenvalue weighted by molar-refractivity contribution is 7.98. The lowest BCUT2D eigenvalue weighted by molar-refractivity contribution is -0.143. The quantitative estimate of drug-likeness (QED) is 0.159. The molecule has 0 bridgehead atoms. The molecule has 6 atom stereocenters. The third-order valence-corrected chi connectivity index (χ3v) is 5.06. The molecule has 6 unspecified atom stereocenters. The summed E-state index contributed by atoms with van der Waals surface area (Å²) in [5.41, 5.74) is 5.77. The molecule has 0 rings (SSSR count). The number of aliphatic hydroxyl groups is 2. The number of rotatable bonds is 14. The van der Waals surface area contributed by atoms with E-state index >= 15 is 0 Å². The van der Waals surface area contributed by atoms with Crippen LogP contribution in [-0.4, -0.2) is 87.4 Å². The van der Waals surface area contributed by atoms with Crippen LogP contribution >= 0.6 is 11.8 Å². The van der Waals surface area contributed by atoms with Gasteiger partial charge in [0.05, 0.1) is 18.2 Å². The van der Waals surface area contributed by atoms with E-state index in [2.05, 4.69) is 16.0 Å². The largest absolute Gasteiger partial charge is 0.480 e. The molecule has 0 aromatic heterocycles. The molecule has 0 aliphatic heterocycles. The van der Waals surface area contributed by atoms with Crippen LogP contribution < -0.4 is 21.7 Å². The van der Waals surface area contributed by atoms with Crippen LogP contribution in [0.15, 0.2) is 0 Å². The maximum absolute atomic E-state index is 12.6. The number of amides is 3. The van der Waals surface area contributed by atoms with Gasteiger partial charge in [0, 0.05) is 0 Å². The fourth-order valence-corrected chi connectivity index (χ4v) is 3.13. The van der Waals surface area contributed by atoms with Gasteiger partial charge in [-0.15, -0.1) is 0 Å². The highest BCUT2D eigenvalue weighted by Gasteiger charge is 2.34. The summed E-state index contributed by atoms with van der Waals surface area (Å²) in [5.74, 6) is -3.10. The Labute approximate surface area is 186 Å². The topological polar surface area (TPSA) is 191 Å². The minimum absolute atomic E-state index is 0.0221. The first-order valence-corrected chi connectivity index (χ1v) is 11.5. The number of aliphatic hydroxyl groups excluding tert-OH is 2. The van der Waals surface area contributed by atoms with Crippen LogP contribution in [0.25, 0.3) is 0 Å². The molecule has 11 nitrogen and oxygen atoms in total. The average molecular weight is 465 g/mol. The molecule has 0 spiro atoms. The van der Waals surface area contributed by atoms with Crippen LogP contribution in [0.1, 0.15) is 40.5 Å². The number of hydrogen-bond acceptors (Lipinski definition) is 8. The fraction of sp³-hybridized carbons (Fsp3) is 0.789. The van der Waals surface area contributed by atoms with Gasteiger partial charge in [-0.1, -0.05) is 13.8 Å². The lowest BCUT2D eigenvalue weighted by Crippen LogP contribution is -2.61. The molecular weight excluding hydrogens is 428 g/mol. The van der Waals surface area contributed by atoms with E-state index in [1.807, 2.05) is 6.26 Å². The second kappa shape index (κ2) is 14.2. The predicted molar refractivity (Wildman–Crippen MR) is 117 cm³/mol. The summed E-state index contributed by atoms with van der Waals surface area (Å²) in [4.78, 5) is 48.8. The van der Waals surface area contributed by atoms with Gasteiger partial charge in [-0.25, -0.2) is 4.79 Å². The Hall–Kier alpha value is -1.89. The Morgan fingerprint density at radius 1 is 0.871 bits per heavy atom. The highest BCUT2D eigenvalue weighted by Crippen LogP contribution is 2.07. The molecular formula is C19H36N4O7S. The molecule has 8 N–H and O–H groups in total. The zero-order valence-electron chi connectivity index (χ0n) is 18.6. The first-order valence-electron chi connectivity index (χ1n) is 10.1. The number of carboxylic acids is 1. The van der Waals surface area contributed by atoms with Crippen LogP contribution in [0.3, 0.4) is 0 Å². The van der Waals surface area contributed by atoms with Crippen LogP contribution in [-0.2, 0) is 19.2 Å². The monoisotopic (exact) mass is 464 g/mol. The Kier molecular flexibility index (Phi) is 13.4. The Morgan fingerprint density at radius 3 is 1.71 bits per heavy atom. The summed E-state index contributed by atoms with van der Waals surface area (Å²) in [7, 11) is 0. The lowest BCUT2D eigenvalue weighted by Gasteiger charge is -2.27. The van der Waals surface area contributed by atoms with E-state index < -0.39 is 60.1 Å². The van der Waals surface area contributed by atoms with Crippen molar-refractivity contribution in [3.05, 3.63) is 0 Å². The number of carbonyl (C=O) groups excluding carboxylic acids is 3.